The molecule has 1 heterocycles. The molecular formula is C16H20BrNO2S. The van der Waals surface area contributed by atoms with Crippen molar-refractivity contribution in [2.45, 2.75) is 19.4 Å². The maximum absolute atomic E-state index is 9.89. The summed E-state index contributed by atoms with van der Waals surface area (Å²) in [5.74, 6) is 0.803. The van der Waals surface area contributed by atoms with E-state index in [9.17, 15) is 5.11 Å². The Kier molecular flexibility index (Phi) is 6.70. The van der Waals surface area contributed by atoms with Gasteiger partial charge in [0.2, 0.25) is 0 Å². The Morgan fingerprint density at radius 3 is 2.90 bits per heavy atom. The lowest BCUT2D eigenvalue weighted by Crippen LogP contribution is -2.32. The first kappa shape index (κ1) is 16.5. The quantitative estimate of drug-likeness (QED) is 0.700. The largest absolute Gasteiger partial charge is 0.491 e. The van der Waals surface area contributed by atoms with Gasteiger partial charge in [-0.3, -0.25) is 0 Å². The molecule has 21 heavy (non-hydrogen) atoms. The Morgan fingerprint density at radius 1 is 1.33 bits per heavy atom. The Hall–Kier alpha value is -0.880. The summed E-state index contributed by atoms with van der Waals surface area (Å²) in [5.41, 5.74) is 1.15. The molecule has 0 spiro atoms. The average Bonchev–Trinajstić information content (AvgIpc) is 2.87. The summed E-state index contributed by atoms with van der Waals surface area (Å²) in [6.45, 7) is 3.72. The molecule has 0 amide bonds. The van der Waals surface area contributed by atoms with Crippen LogP contribution in [-0.2, 0) is 6.42 Å². The third-order valence-electron chi connectivity index (χ3n) is 2.99. The number of benzene rings is 1. The topological polar surface area (TPSA) is 41.5 Å². The third-order valence-corrected chi connectivity index (χ3v) is 4.67. The molecule has 1 aromatic carbocycles. The van der Waals surface area contributed by atoms with Crippen molar-refractivity contribution in [3.8, 4) is 5.75 Å². The van der Waals surface area contributed by atoms with Gasteiger partial charge in [-0.05, 0) is 59.1 Å². The number of nitrogens with one attached hydrogen (secondary N) is 1. The van der Waals surface area contributed by atoms with E-state index in [-0.39, 0.29) is 0 Å². The standard InChI is InChI=1S/C16H20BrNO2S/c1-12-3-2-4-14(9-12)20-11-13(19)10-18-8-7-15-5-6-16(17)21-15/h2-6,9,13,18-19H,7-8,10-11H2,1H3. The molecule has 1 unspecified atom stereocenters. The lowest BCUT2D eigenvalue weighted by Gasteiger charge is -2.13. The number of hydrogen-bond donors (Lipinski definition) is 2. The molecule has 2 aromatic rings. The van der Waals surface area contributed by atoms with Gasteiger partial charge in [0.05, 0.1) is 3.79 Å². The minimum absolute atomic E-state index is 0.307. The second-order valence-electron chi connectivity index (χ2n) is 4.94. The van der Waals surface area contributed by atoms with Crippen molar-refractivity contribution in [2.24, 2.45) is 0 Å². The van der Waals surface area contributed by atoms with E-state index in [0.717, 1.165) is 28.1 Å². The van der Waals surface area contributed by atoms with Crippen molar-refractivity contribution in [3.63, 3.8) is 0 Å². The second-order valence-corrected chi connectivity index (χ2v) is 7.49. The number of aliphatic hydroxyl groups is 1. The van der Waals surface area contributed by atoms with Gasteiger partial charge in [-0.2, -0.15) is 0 Å². The molecule has 0 saturated heterocycles. The van der Waals surface area contributed by atoms with Crippen LogP contribution in [0.3, 0.4) is 0 Å². The van der Waals surface area contributed by atoms with E-state index in [2.05, 4.69) is 33.4 Å². The highest BCUT2D eigenvalue weighted by molar-refractivity contribution is 9.11. The van der Waals surface area contributed by atoms with Crippen molar-refractivity contribution in [2.75, 3.05) is 19.7 Å². The van der Waals surface area contributed by atoms with Crippen molar-refractivity contribution >= 4 is 27.3 Å². The second kappa shape index (κ2) is 8.54. The van der Waals surface area contributed by atoms with E-state index in [1.165, 1.54) is 4.88 Å². The van der Waals surface area contributed by atoms with Crippen LogP contribution in [0.15, 0.2) is 40.2 Å². The van der Waals surface area contributed by atoms with Crippen molar-refractivity contribution < 1.29 is 9.84 Å². The lowest BCUT2D eigenvalue weighted by atomic mass is 10.2. The van der Waals surface area contributed by atoms with E-state index in [0.29, 0.717) is 13.2 Å². The van der Waals surface area contributed by atoms with Crippen molar-refractivity contribution in [1.82, 2.24) is 5.32 Å². The predicted molar refractivity (Wildman–Crippen MR) is 91.3 cm³/mol. The maximum atomic E-state index is 9.89. The Bertz CT molecular complexity index is 559. The molecule has 2 N–H and O–H groups in total. The molecular weight excluding hydrogens is 350 g/mol. The molecule has 1 atom stereocenters. The van der Waals surface area contributed by atoms with Gasteiger partial charge in [-0.1, -0.05) is 12.1 Å². The fourth-order valence-corrected chi connectivity index (χ4v) is 3.41. The minimum atomic E-state index is -0.499. The molecule has 0 aliphatic rings. The highest BCUT2D eigenvalue weighted by Gasteiger charge is 2.05. The van der Waals surface area contributed by atoms with Crippen LogP contribution in [0, 0.1) is 6.92 Å². The molecule has 1 aromatic heterocycles. The molecule has 0 fully saturated rings. The van der Waals surface area contributed by atoms with Crippen LogP contribution in [-0.4, -0.2) is 30.9 Å². The number of aliphatic hydroxyl groups excluding tert-OH is 1. The zero-order valence-electron chi connectivity index (χ0n) is 12.0. The monoisotopic (exact) mass is 369 g/mol. The molecule has 0 bridgehead atoms. The van der Waals surface area contributed by atoms with E-state index in [1.807, 2.05) is 31.2 Å². The highest BCUT2D eigenvalue weighted by atomic mass is 79.9. The fraction of sp³-hybridized carbons (Fsp3) is 0.375. The number of ether oxygens (including phenoxy) is 1. The van der Waals surface area contributed by atoms with E-state index in [1.54, 1.807) is 11.3 Å². The first-order valence-corrected chi connectivity index (χ1v) is 8.57. The van der Waals surface area contributed by atoms with Crippen LogP contribution in [0.4, 0.5) is 0 Å². The number of halogens is 1. The van der Waals surface area contributed by atoms with E-state index >= 15 is 0 Å². The van der Waals surface area contributed by atoms with Crippen LogP contribution in [0.1, 0.15) is 10.4 Å². The molecule has 0 radical (unpaired) electrons. The maximum Gasteiger partial charge on any atom is 0.119 e. The van der Waals surface area contributed by atoms with Gasteiger partial charge < -0.3 is 15.2 Å². The Labute approximate surface area is 138 Å². The summed E-state index contributed by atoms with van der Waals surface area (Å²) < 4.78 is 6.73. The molecule has 0 aliphatic heterocycles. The summed E-state index contributed by atoms with van der Waals surface area (Å²) in [6, 6.07) is 12.0. The van der Waals surface area contributed by atoms with Crippen LogP contribution < -0.4 is 10.1 Å². The van der Waals surface area contributed by atoms with E-state index < -0.39 is 6.10 Å². The van der Waals surface area contributed by atoms with Crippen molar-refractivity contribution in [1.29, 1.82) is 0 Å². The molecule has 2 rings (SSSR count). The molecule has 0 saturated carbocycles. The normalized spacial score (nSPS) is 12.3. The van der Waals surface area contributed by atoms with Gasteiger partial charge in [0.25, 0.3) is 0 Å². The number of aryl methyl sites for hydroxylation is 1. The first-order chi connectivity index (χ1) is 10.1. The first-order valence-electron chi connectivity index (χ1n) is 6.96. The summed E-state index contributed by atoms with van der Waals surface area (Å²) >= 11 is 5.20. The van der Waals surface area contributed by atoms with Crippen LogP contribution in [0.5, 0.6) is 5.75 Å². The Morgan fingerprint density at radius 2 is 2.19 bits per heavy atom. The summed E-state index contributed by atoms with van der Waals surface area (Å²) in [6.07, 6.45) is 0.474. The van der Waals surface area contributed by atoms with Gasteiger partial charge in [0, 0.05) is 18.0 Å². The average molecular weight is 370 g/mol. The van der Waals surface area contributed by atoms with Gasteiger partial charge in [-0.25, -0.2) is 0 Å². The van der Waals surface area contributed by atoms with Crippen molar-refractivity contribution in [3.05, 3.63) is 50.6 Å². The summed E-state index contributed by atoms with van der Waals surface area (Å²) in [5, 5.41) is 13.1. The number of thiophene rings is 1. The van der Waals surface area contributed by atoms with Crippen LogP contribution in [0.2, 0.25) is 0 Å². The van der Waals surface area contributed by atoms with Gasteiger partial charge in [-0.15, -0.1) is 11.3 Å². The van der Waals surface area contributed by atoms with Crippen LogP contribution in [0.25, 0.3) is 0 Å². The smallest absolute Gasteiger partial charge is 0.119 e. The SMILES string of the molecule is Cc1cccc(OCC(O)CNCCc2ccc(Br)s2)c1. The molecule has 0 aliphatic carbocycles. The van der Waals surface area contributed by atoms with Crippen LogP contribution >= 0.6 is 27.3 Å². The number of hydrogen-bond acceptors (Lipinski definition) is 4. The molecule has 3 nitrogen and oxygen atoms in total. The predicted octanol–water partition coefficient (Wildman–Crippen LogP) is 3.39. The van der Waals surface area contributed by atoms with Gasteiger partial charge >= 0.3 is 0 Å². The van der Waals surface area contributed by atoms with E-state index in [4.69, 9.17) is 4.74 Å². The zero-order chi connectivity index (χ0) is 15.1. The summed E-state index contributed by atoms with van der Waals surface area (Å²) in [4.78, 5) is 1.33. The minimum Gasteiger partial charge on any atom is -0.491 e. The fourth-order valence-electron chi connectivity index (χ4n) is 1.92. The summed E-state index contributed by atoms with van der Waals surface area (Å²) in [7, 11) is 0. The van der Waals surface area contributed by atoms with Gasteiger partial charge in [0.1, 0.15) is 18.5 Å². The molecule has 5 heteroatoms. The zero-order valence-corrected chi connectivity index (χ0v) is 14.4. The third kappa shape index (κ3) is 6.18. The lowest BCUT2D eigenvalue weighted by molar-refractivity contribution is 0.106. The number of rotatable bonds is 8. The molecule has 114 valence electrons. The Balaban J connectivity index is 1.60. The highest BCUT2D eigenvalue weighted by Crippen LogP contribution is 2.22. The van der Waals surface area contributed by atoms with Gasteiger partial charge in [0.15, 0.2) is 0 Å².